The molecule has 2 aromatic carbocycles. The lowest BCUT2D eigenvalue weighted by molar-refractivity contribution is 0.184. The van der Waals surface area contributed by atoms with E-state index in [0.29, 0.717) is 19.4 Å². The molecule has 1 aliphatic rings. The Balaban J connectivity index is 2.01. The van der Waals surface area contributed by atoms with Crippen LogP contribution in [0.2, 0.25) is 0 Å². The Morgan fingerprint density at radius 1 is 1.05 bits per heavy atom. The minimum Gasteiger partial charge on any atom is -0.330 e. The second kappa shape index (κ2) is 4.93. The molecule has 1 nitrogen and oxygen atoms in total. The average molecular weight is 257 g/mol. The van der Waals surface area contributed by atoms with E-state index in [9.17, 15) is 4.39 Å². The second-order valence-electron chi connectivity index (χ2n) is 5.72. The second-order valence-corrected chi connectivity index (χ2v) is 5.72. The average Bonchev–Trinajstić information content (AvgIpc) is 2.48. The maximum atomic E-state index is 13.4. The van der Waals surface area contributed by atoms with Gasteiger partial charge in [-0.1, -0.05) is 42.5 Å². The highest BCUT2D eigenvalue weighted by Gasteiger charge is 2.35. The number of rotatable bonds is 2. The fourth-order valence-electron chi connectivity index (χ4n) is 3.27. The van der Waals surface area contributed by atoms with Gasteiger partial charge in [0.2, 0.25) is 0 Å². The minimum absolute atomic E-state index is 0.0212. The maximum absolute atomic E-state index is 13.4. The number of alkyl halides is 1. The fraction of sp³-hybridized carbons (Fsp3) is 0.412. The third-order valence-electron chi connectivity index (χ3n) is 4.62. The molecule has 0 aromatic heterocycles. The predicted octanol–water partition coefficient (Wildman–Crippen LogP) is 3.95. The zero-order valence-electron chi connectivity index (χ0n) is 11.1. The van der Waals surface area contributed by atoms with Crippen molar-refractivity contribution in [2.45, 2.75) is 37.3 Å². The van der Waals surface area contributed by atoms with Crippen molar-refractivity contribution < 1.29 is 4.39 Å². The Morgan fingerprint density at radius 3 is 2.42 bits per heavy atom. The highest BCUT2D eigenvalue weighted by Crippen LogP contribution is 2.40. The zero-order chi connectivity index (χ0) is 13.3. The number of hydrogen-bond donors (Lipinski definition) is 1. The van der Waals surface area contributed by atoms with Crippen LogP contribution < -0.4 is 5.73 Å². The van der Waals surface area contributed by atoms with Crippen molar-refractivity contribution in [1.29, 1.82) is 0 Å². The molecule has 0 unspecified atom stereocenters. The van der Waals surface area contributed by atoms with Gasteiger partial charge in [0.25, 0.3) is 0 Å². The predicted molar refractivity (Wildman–Crippen MR) is 78.0 cm³/mol. The van der Waals surface area contributed by atoms with E-state index in [0.717, 1.165) is 12.8 Å². The summed E-state index contributed by atoms with van der Waals surface area (Å²) < 4.78 is 13.4. The SMILES string of the molecule is NC[C@]1(c2ccc3ccccc3c2)CC[C@@H](F)CC1. The molecule has 0 atom stereocenters. The van der Waals surface area contributed by atoms with E-state index >= 15 is 0 Å². The van der Waals surface area contributed by atoms with E-state index in [2.05, 4.69) is 42.5 Å². The molecular weight excluding hydrogens is 237 g/mol. The number of nitrogens with two attached hydrogens (primary N) is 1. The largest absolute Gasteiger partial charge is 0.330 e. The van der Waals surface area contributed by atoms with Crippen LogP contribution in [0.3, 0.4) is 0 Å². The quantitative estimate of drug-likeness (QED) is 0.866. The van der Waals surface area contributed by atoms with Crippen LogP contribution in [0.25, 0.3) is 10.8 Å². The molecule has 3 rings (SSSR count). The van der Waals surface area contributed by atoms with Gasteiger partial charge in [-0.2, -0.15) is 0 Å². The lowest BCUT2D eigenvalue weighted by atomic mass is 9.69. The molecule has 0 amide bonds. The van der Waals surface area contributed by atoms with E-state index in [1.807, 2.05) is 0 Å². The molecule has 1 aliphatic carbocycles. The van der Waals surface area contributed by atoms with Gasteiger partial charge in [0, 0.05) is 12.0 Å². The number of halogens is 1. The van der Waals surface area contributed by atoms with Crippen molar-refractivity contribution in [3.05, 3.63) is 48.0 Å². The van der Waals surface area contributed by atoms with Crippen LogP contribution in [-0.4, -0.2) is 12.7 Å². The monoisotopic (exact) mass is 257 g/mol. The highest BCUT2D eigenvalue weighted by atomic mass is 19.1. The maximum Gasteiger partial charge on any atom is 0.100 e. The van der Waals surface area contributed by atoms with Gasteiger partial charge in [-0.15, -0.1) is 0 Å². The lowest BCUT2D eigenvalue weighted by Crippen LogP contribution is -2.39. The molecule has 100 valence electrons. The molecule has 19 heavy (non-hydrogen) atoms. The summed E-state index contributed by atoms with van der Waals surface area (Å²) in [7, 11) is 0. The van der Waals surface area contributed by atoms with Crippen LogP contribution in [0.5, 0.6) is 0 Å². The van der Waals surface area contributed by atoms with E-state index in [-0.39, 0.29) is 5.41 Å². The van der Waals surface area contributed by atoms with Gasteiger partial charge in [0.15, 0.2) is 0 Å². The Bertz CT molecular complexity index is 570. The van der Waals surface area contributed by atoms with Crippen molar-refractivity contribution in [1.82, 2.24) is 0 Å². The van der Waals surface area contributed by atoms with E-state index in [1.54, 1.807) is 0 Å². The summed E-state index contributed by atoms with van der Waals surface area (Å²) in [4.78, 5) is 0. The highest BCUT2D eigenvalue weighted by molar-refractivity contribution is 5.83. The van der Waals surface area contributed by atoms with E-state index in [4.69, 9.17) is 5.73 Å². The molecule has 0 heterocycles. The van der Waals surface area contributed by atoms with Crippen LogP contribution in [0.15, 0.2) is 42.5 Å². The molecule has 2 N–H and O–H groups in total. The van der Waals surface area contributed by atoms with Gasteiger partial charge in [-0.25, -0.2) is 4.39 Å². The Labute approximate surface area is 113 Å². The first-order chi connectivity index (χ1) is 9.23. The van der Waals surface area contributed by atoms with Gasteiger partial charge >= 0.3 is 0 Å². The molecule has 1 fully saturated rings. The number of fused-ring (bicyclic) bond motifs is 1. The minimum atomic E-state index is -0.639. The van der Waals surface area contributed by atoms with Gasteiger partial charge in [-0.05, 0) is 42.0 Å². The molecule has 0 aliphatic heterocycles. The molecular formula is C17H20FN. The van der Waals surface area contributed by atoms with Crippen LogP contribution in [0.1, 0.15) is 31.2 Å². The van der Waals surface area contributed by atoms with Crippen LogP contribution in [-0.2, 0) is 5.41 Å². The standard InChI is InChI=1S/C17H20FN/c18-16-7-9-17(12-19,10-8-16)15-6-5-13-3-1-2-4-14(13)11-15/h1-6,11,16H,7-10,12,19H2/t16-,17+. The van der Waals surface area contributed by atoms with Gasteiger partial charge in [0.05, 0.1) is 0 Å². The van der Waals surface area contributed by atoms with Crippen molar-refractivity contribution in [2.24, 2.45) is 5.73 Å². The third-order valence-corrected chi connectivity index (χ3v) is 4.62. The third kappa shape index (κ3) is 2.25. The summed E-state index contributed by atoms with van der Waals surface area (Å²) in [5.41, 5.74) is 7.29. The Hall–Kier alpha value is -1.41. The number of hydrogen-bond acceptors (Lipinski definition) is 1. The van der Waals surface area contributed by atoms with Crippen molar-refractivity contribution in [2.75, 3.05) is 6.54 Å². The first-order valence-corrected chi connectivity index (χ1v) is 7.07. The Kier molecular flexibility index (Phi) is 3.28. The topological polar surface area (TPSA) is 26.0 Å². The fourth-order valence-corrected chi connectivity index (χ4v) is 3.27. The molecule has 0 spiro atoms. The van der Waals surface area contributed by atoms with Crippen LogP contribution in [0.4, 0.5) is 4.39 Å². The molecule has 0 radical (unpaired) electrons. The zero-order valence-corrected chi connectivity index (χ0v) is 11.1. The summed E-state index contributed by atoms with van der Waals surface area (Å²) in [6, 6.07) is 14.9. The molecule has 2 heteroatoms. The summed E-state index contributed by atoms with van der Waals surface area (Å²) in [5, 5.41) is 2.49. The van der Waals surface area contributed by atoms with Gasteiger partial charge in [0.1, 0.15) is 6.17 Å². The first-order valence-electron chi connectivity index (χ1n) is 7.07. The lowest BCUT2D eigenvalue weighted by Gasteiger charge is -2.38. The van der Waals surface area contributed by atoms with Crippen LogP contribution >= 0.6 is 0 Å². The molecule has 2 aromatic rings. The van der Waals surface area contributed by atoms with Crippen molar-refractivity contribution in [3.63, 3.8) is 0 Å². The van der Waals surface area contributed by atoms with Gasteiger partial charge < -0.3 is 5.73 Å². The smallest absolute Gasteiger partial charge is 0.100 e. The van der Waals surface area contributed by atoms with E-state index < -0.39 is 6.17 Å². The molecule has 0 bridgehead atoms. The molecule has 1 saturated carbocycles. The normalized spacial score (nSPS) is 27.6. The van der Waals surface area contributed by atoms with Crippen molar-refractivity contribution >= 4 is 10.8 Å². The van der Waals surface area contributed by atoms with Crippen molar-refractivity contribution in [3.8, 4) is 0 Å². The Morgan fingerprint density at radius 2 is 1.74 bits per heavy atom. The van der Waals surface area contributed by atoms with Crippen LogP contribution in [0, 0.1) is 0 Å². The summed E-state index contributed by atoms with van der Waals surface area (Å²) in [6.07, 6.45) is 2.38. The first kappa shape index (κ1) is 12.6. The van der Waals surface area contributed by atoms with Gasteiger partial charge in [-0.3, -0.25) is 0 Å². The summed E-state index contributed by atoms with van der Waals surface area (Å²) in [5.74, 6) is 0. The summed E-state index contributed by atoms with van der Waals surface area (Å²) in [6.45, 7) is 0.609. The summed E-state index contributed by atoms with van der Waals surface area (Å²) >= 11 is 0. The van der Waals surface area contributed by atoms with E-state index in [1.165, 1.54) is 16.3 Å². The molecule has 0 saturated heterocycles. The number of benzene rings is 2.